The maximum atomic E-state index is 6.09. The fourth-order valence-electron chi connectivity index (χ4n) is 2.81. The Morgan fingerprint density at radius 2 is 2.11 bits per heavy atom. The van der Waals surface area contributed by atoms with Crippen LogP contribution in [0, 0.1) is 0 Å². The highest BCUT2D eigenvalue weighted by molar-refractivity contribution is 5.99. The van der Waals surface area contributed by atoms with Crippen LogP contribution in [-0.4, -0.2) is 39.2 Å². The first-order valence-electron chi connectivity index (χ1n) is 9.47. The maximum absolute atomic E-state index is 6.09. The van der Waals surface area contributed by atoms with E-state index >= 15 is 0 Å². The summed E-state index contributed by atoms with van der Waals surface area (Å²) in [6.45, 7) is 5.63. The van der Waals surface area contributed by atoms with E-state index < -0.39 is 0 Å². The van der Waals surface area contributed by atoms with E-state index in [1.54, 1.807) is 13.3 Å². The number of amidine groups is 1. The van der Waals surface area contributed by atoms with Crippen LogP contribution in [0.15, 0.2) is 70.2 Å². The maximum Gasteiger partial charge on any atom is 0.144 e. The van der Waals surface area contributed by atoms with Crippen molar-refractivity contribution in [1.29, 1.82) is 0 Å². The van der Waals surface area contributed by atoms with Gasteiger partial charge in [0.15, 0.2) is 0 Å². The second kappa shape index (κ2) is 11.6. The van der Waals surface area contributed by atoms with Crippen molar-refractivity contribution < 1.29 is 0 Å². The molecule has 0 radical (unpaired) electrons. The van der Waals surface area contributed by atoms with Crippen molar-refractivity contribution in [2.45, 2.75) is 19.3 Å². The second-order valence-corrected chi connectivity index (χ2v) is 6.41. The molecule has 150 valence electrons. The van der Waals surface area contributed by atoms with Crippen molar-refractivity contribution >= 4 is 17.6 Å². The monoisotopic (exact) mass is 381 g/mol. The van der Waals surface area contributed by atoms with Crippen LogP contribution < -0.4 is 27.2 Å². The number of aliphatic imine (C=N–C) groups is 2. The zero-order valence-electron chi connectivity index (χ0n) is 16.8. The second-order valence-electron chi connectivity index (χ2n) is 6.41. The van der Waals surface area contributed by atoms with Crippen molar-refractivity contribution in [2.75, 3.05) is 27.2 Å². The zero-order chi connectivity index (χ0) is 20.2. The largest absolute Gasteiger partial charge is 0.395 e. The van der Waals surface area contributed by atoms with Crippen LogP contribution in [0.5, 0.6) is 0 Å². The Balaban J connectivity index is 2.18. The predicted molar refractivity (Wildman–Crippen MR) is 119 cm³/mol. The highest BCUT2D eigenvalue weighted by Crippen LogP contribution is 2.17. The number of rotatable bonds is 6. The third-order valence-electron chi connectivity index (χ3n) is 4.24. The molecule has 0 aromatic heterocycles. The van der Waals surface area contributed by atoms with E-state index in [1.807, 2.05) is 31.4 Å². The molecule has 1 aromatic carbocycles. The smallest absolute Gasteiger partial charge is 0.144 e. The Morgan fingerprint density at radius 3 is 2.82 bits per heavy atom. The van der Waals surface area contributed by atoms with Gasteiger partial charge in [0.25, 0.3) is 0 Å². The lowest BCUT2D eigenvalue weighted by Crippen LogP contribution is -2.41. The molecule has 1 heterocycles. The van der Waals surface area contributed by atoms with E-state index in [1.165, 1.54) is 11.1 Å². The zero-order valence-corrected chi connectivity index (χ0v) is 16.8. The van der Waals surface area contributed by atoms with Gasteiger partial charge in [0, 0.05) is 39.6 Å². The van der Waals surface area contributed by atoms with Crippen LogP contribution >= 0.6 is 0 Å². The van der Waals surface area contributed by atoms with Gasteiger partial charge < -0.3 is 21.8 Å². The van der Waals surface area contributed by atoms with Crippen molar-refractivity contribution in [2.24, 2.45) is 15.7 Å². The van der Waals surface area contributed by atoms with Gasteiger partial charge in [-0.3, -0.25) is 9.98 Å². The lowest BCUT2D eigenvalue weighted by molar-refractivity contribution is 0.570. The minimum atomic E-state index is 0.498. The molecule has 0 bridgehead atoms. The van der Waals surface area contributed by atoms with Crippen LogP contribution in [0.1, 0.15) is 24.8 Å². The van der Waals surface area contributed by atoms with Crippen LogP contribution in [0.2, 0.25) is 0 Å². The van der Waals surface area contributed by atoms with Gasteiger partial charge >= 0.3 is 0 Å². The summed E-state index contributed by atoms with van der Waals surface area (Å²) in [6.07, 6.45) is 6.23. The Hall–Kier alpha value is -3.06. The molecule has 0 amide bonds. The molecule has 0 atom stereocenters. The average Bonchev–Trinajstić information content (AvgIpc) is 2.79. The molecule has 7 heteroatoms. The fraction of sp³-hybridized carbons (Fsp3) is 0.333. The summed E-state index contributed by atoms with van der Waals surface area (Å²) >= 11 is 0. The molecule has 1 saturated heterocycles. The number of hydrogen-bond acceptors (Lipinski definition) is 6. The number of benzene rings is 1. The van der Waals surface area contributed by atoms with E-state index in [4.69, 9.17) is 10.7 Å². The van der Waals surface area contributed by atoms with Crippen LogP contribution in [0.25, 0.3) is 5.57 Å². The summed E-state index contributed by atoms with van der Waals surface area (Å²) in [5, 5.41) is 6.41. The normalized spacial score (nSPS) is 19.4. The molecule has 1 aromatic rings. The standard InChI is InChI=1S/C21H31N7/c1-16-8-7-12-26-28-21(19(22)15-24-3)27-20(16)25-13-11-18(14-23-2)17-9-5-4-6-10-17/h4-6,9-10,14-15,23,26,28H,1,7-8,11-13,22H2,2-3H3,(H,25,27)/b18-14-,21-19?,24-15?. The predicted octanol–water partition coefficient (Wildman–Crippen LogP) is 1.90. The van der Waals surface area contributed by atoms with E-state index in [-0.39, 0.29) is 0 Å². The van der Waals surface area contributed by atoms with Gasteiger partial charge in [-0.05, 0) is 36.0 Å². The molecule has 7 nitrogen and oxygen atoms in total. The van der Waals surface area contributed by atoms with E-state index in [0.717, 1.165) is 37.2 Å². The molecule has 28 heavy (non-hydrogen) atoms. The molecule has 0 spiro atoms. The Bertz CT molecular complexity index is 760. The molecule has 1 aliphatic heterocycles. The first-order valence-corrected chi connectivity index (χ1v) is 9.47. The van der Waals surface area contributed by atoms with E-state index in [9.17, 15) is 0 Å². The van der Waals surface area contributed by atoms with Crippen LogP contribution in [-0.2, 0) is 0 Å². The summed E-state index contributed by atoms with van der Waals surface area (Å²) in [7, 11) is 3.59. The molecule has 0 aliphatic carbocycles. The fourth-order valence-corrected chi connectivity index (χ4v) is 2.81. The summed E-state index contributed by atoms with van der Waals surface area (Å²) in [4.78, 5) is 8.76. The lowest BCUT2D eigenvalue weighted by atomic mass is 10.0. The van der Waals surface area contributed by atoms with Gasteiger partial charge in [0.1, 0.15) is 11.7 Å². The van der Waals surface area contributed by atoms with E-state index in [0.29, 0.717) is 18.1 Å². The minimum Gasteiger partial charge on any atom is -0.395 e. The van der Waals surface area contributed by atoms with Gasteiger partial charge in [-0.2, -0.15) is 0 Å². The first kappa shape index (κ1) is 21.2. The van der Waals surface area contributed by atoms with Gasteiger partial charge in [0.2, 0.25) is 0 Å². The quantitative estimate of drug-likeness (QED) is 0.485. The summed E-state index contributed by atoms with van der Waals surface area (Å²) in [6, 6.07) is 10.3. The SMILES string of the molecule is C=C1CCCNNC(=C(N)C=NC)NC1=NCC/C(=C/NC)c1ccccc1. The first-order chi connectivity index (χ1) is 13.7. The van der Waals surface area contributed by atoms with Gasteiger partial charge in [0.05, 0.1) is 5.70 Å². The molecule has 1 aliphatic rings. The topological polar surface area (TPSA) is 98.9 Å². The van der Waals surface area contributed by atoms with Crippen molar-refractivity contribution in [3.05, 3.63) is 65.8 Å². The average molecular weight is 382 g/mol. The summed E-state index contributed by atoms with van der Waals surface area (Å²) in [5.41, 5.74) is 16.2. The highest BCUT2D eigenvalue weighted by Gasteiger charge is 2.12. The molecule has 0 unspecified atom stereocenters. The van der Waals surface area contributed by atoms with Crippen LogP contribution in [0.4, 0.5) is 0 Å². The Labute approximate surface area is 167 Å². The number of hydrazine groups is 1. The van der Waals surface area contributed by atoms with Gasteiger partial charge in [-0.15, -0.1) is 0 Å². The number of allylic oxidation sites excluding steroid dienone is 1. The Morgan fingerprint density at radius 1 is 1.32 bits per heavy atom. The number of nitrogens with one attached hydrogen (secondary N) is 4. The Kier molecular flexibility index (Phi) is 8.81. The third-order valence-corrected chi connectivity index (χ3v) is 4.24. The minimum absolute atomic E-state index is 0.498. The molecule has 2 rings (SSSR count). The third kappa shape index (κ3) is 6.59. The van der Waals surface area contributed by atoms with E-state index in [2.05, 4.69) is 45.2 Å². The molecular weight excluding hydrogens is 350 g/mol. The summed E-state index contributed by atoms with van der Waals surface area (Å²) in [5.74, 6) is 1.37. The number of nitrogens with zero attached hydrogens (tertiary/aromatic N) is 2. The van der Waals surface area contributed by atoms with Crippen molar-refractivity contribution in [3.8, 4) is 0 Å². The molecule has 0 saturated carbocycles. The van der Waals surface area contributed by atoms with Crippen molar-refractivity contribution in [1.82, 2.24) is 21.5 Å². The number of hydrogen-bond donors (Lipinski definition) is 5. The van der Waals surface area contributed by atoms with Crippen molar-refractivity contribution in [3.63, 3.8) is 0 Å². The highest BCUT2D eigenvalue weighted by atomic mass is 15.4. The molecule has 6 N–H and O–H groups in total. The molecule has 1 fully saturated rings. The van der Waals surface area contributed by atoms with Crippen LogP contribution in [0.3, 0.4) is 0 Å². The number of nitrogens with two attached hydrogens (primary N) is 1. The lowest BCUT2D eigenvalue weighted by Gasteiger charge is -2.16. The molecular formula is C21H31N7. The summed E-state index contributed by atoms with van der Waals surface area (Å²) < 4.78 is 0. The van der Waals surface area contributed by atoms with Gasteiger partial charge in [-0.25, -0.2) is 5.43 Å². The van der Waals surface area contributed by atoms with Gasteiger partial charge in [-0.1, -0.05) is 36.9 Å².